The first-order chi connectivity index (χ1) is 9.97. The lowest BCUT2D eigenvalue weighted by molar-refractivity contribution is -0.384. The van der Waals surface area contributed by atoms with Crippen LogP contribution in [-0.4, -0.2) is 41.8 Å². The van der Waals surface area contributed by atoms with E-state index in [0.717, 1.165) is 0 Å². The van der Waals surface area contributed by atoms with E-state index >= 15 is 0 Å². The summed E-state index contributed by atoms with van der Waals surface area (Å²) < 4.78 is 5.27. The fourth-order valence-electron chi connectivity index (χ4n) is 2.78. The van der Waals surface area contributed by atoms with Crippen LogP contribution in [0.4, 0.5) is 11.4 Å². The predicted octanol–water partition coefficient (Wildman–Crippen LogP) is 1.83. The van der Waals surface area contributed by atoms with E-state index in [9.17, 15) is 20.0 Å². The van der Waals surface area contributed by atoms with Gasteiger partial charge >= 0.3 is 5.97 Å². The molecule has 1 saturated heterocycles. The van der Waals surface area contributed by atoms with Crippen molar-refractivity contribution in [3.8, 4) is 0 Å². The molecule has 2 unspecified atom stereocenters. The molecule has 0 saturated carbocycles. The Hall–Kier alpha value is -2.15. The highest BCUT2D eigenvalue weighted by atomic mass is 16.6. The highest BCUT2D eigenvalue weighted by molar-refractivity contribution is 5.74. The lowest BCUT2D eigenvalue weighted by atomic mass is 10.0. The molecule has 114 valence electrons. The minimum atomic E-state index is -0.939. The van der Waals surface area contributed by atoms with Crippen LogP contribution >= 0.6 is 0 Å². The second-order valence-corrected chi connectivity index (χ2v) is 5.04. The maximum absolute atomic E-state index is 11.3. The zero-order valence-electron chi connectivity index (χ0n) is 12.0. The first-order valence-corrected chi connectivity index (χ1v) is 6.78. The largest absolute Gasteiger partial charge is 0.481 e. The van der Waals surface area contributed by atoms with Crippen LogP contribution in [0.2, 0.25) is 0 Å². The van der Waals surface area contributed by atoms with Crippen molar-refractivity contribution in [2.45, 2.75) is 19.9 Å². The molecular weight excluding hydrogens is 276 g/mol. The molecule has 1 aromatic carbocycles. The minimum absolute atomic E-state index is 0.0235. The fourth-order valence-corrected chi connectivity index (χ4v) is 2.78. The molecule has 2 atom stereocenters. The third kappa shape index (κ3) is 2.82. The molecule has 1 fully saturated rings. The van der Waals surface area contributed by atoms with E-state index in [-0.39, 0.29) is 18.9 Å². The Morgan fingerprint density at radius 1 is 1.52 bits per heavy atom. The van der Waals surface area contributed by atoms with Gasteiger partial charge in [0.15, 0.2) is 0 Å². The normalized spacial score (nSPS) is 21.2. The Kier molecular flexibility index (Phi) is 4.42. The van der Waals surface area contributed by atoms with Crippen LogP contribution in [0.1, 0.15) is 12.5 Å². The molecule has 0 radical (unpaired) electrons. The van der Waals surface area contributed by atoms with Crippen molar-refractivity contribution in [1.82, 2.24) is 0 Å². The summed E-state index contributed by atoms with van der Waals surface area (Å²) in [6.07, 6.45) is 0. The van der Waals surface area contributed by atoms with Crippen LogP contribution in [0, 0.1) is 23.0 Å². The fraction of sp³-hybridized carbons (Fsp3) is 0.500. The summed E-state index contributed by atoms with van der Waals surface area (Å²) in [4.78, 5) is 24.0. The van der Waals surface area contributed by atoms with E-state index < -0.39 is 22.9 Å². The van der Waals surface area contributed by atoms with Crippen LogP contribution in [0.15, 0.2) is 18.2 Å². The van der Waals surface area contributed by atoms with Gasteiger partial charge in [-0.05, 0) is 19.9 Å². The molecule has 0 aliphatic carbocycles. The summed E-state index contributed by atoms with van der Waals surface area (Å²) in [5.41, 5.74) is 1.03. The van der Waals surface area contributed by atoms with Gasteiger partial charge in [-0.3, -0.25) is 14.9 Å². The highest BCUT2D eigenvalue weighted by Crippen LogP contribution is 2.35. The number of para-hydroxylation sites is 1. The molecule has 1 N–H and O–H groups in total. The summed E-state index contributed by atoms with van der Waals surface area (Å²) in [6.45, 7) is 4.40. The monoisotopic (exact) mass is 294 g/mol. The maximum Gasteiger partial charge on any atom is 0.311 e. The van der Waals surface area contributed by atoms with Gasteiger partial charge in [-0.1, -0.05) is 12.1 Å². The third-order valence-electron chi connectivity index (χ3n) is 3.82. The Morgan fingerprint density at radius 2 is 2.24 bits per heavy atom. The molecule has 0 aromatic heterocycles. The van der Waals surface area contributed by atoms with Crippen LogP contribution < -0.4 is 4.90 Å². The Morgan fingerprint density at radius 3 is 2.81 bits per heavy atom. The average molecular weight is 294 g/mol. The number of benzene rings is 1. The van der Waals surface area contributed by atoms with Crippen LogP contribution in [-0.2, 0) is 9.53 Å². The van der Waals surface area contributed by atoms with E-state index in [1.54, 1.807) is 30.0 Å². The van der Waals surface area contributed by atoms with Crippen LogP contribution in [0.25, 0.3) is 0 Å². The highest BCUT2D eigenvalue weighted by Gasteiger charge is 2.39. The van der Waals surface area contributed by atoms with Gasteiger partial charge in [0.25, 0.3) is 5.69 Å². The molecule has 0 bridgehead atoms. The number of carboxylic acid groups (broad SMARTS) is 1. The lowest BCUT2D eigenvalue weighted by Crippen LogP contribution is -2.43. The molecule has 1 aromatic rings. The number of likely N-dealkylation sites (N-methyl/N-ethyl adjacent to an activating group) is 1. The van der Waals surface area contributed by atoms with Crippen molar-refractivity contribution in [3.63, 3.8) is 0 Å². The summed E-state index contributed by atoms with van der Waals surface area (Å²) >= 11 is 0. The summed E-state index contributed by atoms with van der Waals surface area (Å²) in [7, 11) is 0. The van der Waals surface area contributed by atoms with Gasteiger partial charge < -0.3 is 14.7 Å². The number of anilines is 1. The van der Waals surface area contributed by atoms with E-state index in [0.29, 0.717) is 17.8 Å². The second-order valence-electron chi connectivity index (χ2n) is 5.04. The SMILES string of the molecule is CCN(c1cccc(C)c1[N+](=O)[O-])C1COCC1C(=O)O. The number of nitro groups is 1. The van der Waals surface area contributed by atoms with Gasteiger partial charge in [-0.25, -0.2) is 0 Å². The summed E-state index contributed by atoms with van der Waals surface area (Å²) in [6, 6.07) is 4.68. The van der Waals surface area contributed by atoms with Gasteiger partial charge in [0.05, 0.1) is 24.2 Å². The van der Waals surface area contributed by atoms with Gasteiger partial charge in [-0.15, -0.1) is 0 Å². The predicted molar refractivity (Wildman–Crippen MR) is 76.6 cm³/mol. The van der Waals surface area contributed by atoms with Crippen LogP contribution in [0.5, 0.6) is 0 Å². The topological polar surface area (TPSA) is 92.9 Å². The Bertz CT molecular complexity index is 560. The average Bonchev–Trinajstić information content (AvgIpc) is 2.88. The quantitative estimate of drug-likeness (QED) is 0.658. The lowest BCUT2D eigenvalue weighted by Gasteiger charge is -2.31. The number of hydrogen-bond acceptors (Lipinski definition) is 5. The van der Waals surface area contributed by atoms with Gasteiger partial charge in [0.1, 0.15) is 11.6 Å². The maximum atomic E-state index is 11.3. The van der Waals surface area contributed by atoms with Gasteiger partial charge in [-0.2, -0.15) is 0 Å². The van der Waals surface area contributed by atoms with E-state index in [1.165, 1.54) is 0 Å². The molecule has 2 rings (SSSR count). The van der Waals surface area contributed by atoms with Crippen molar-refractivity contribution in [2.75, 3.05) is 24.7 Å². The molecule has 0 spiro atoms. The van der Waals surface area contributed by atoms with Crippen molar-refractivity contribution in [1.29, 1.82) is 0 Å². The van der Waals surface area contributed by atoms with Gasteiger partial charge in [0, 0.05) is 12.1 Å². The Labute approximate surface area is 122 Å². The molecule has 1 aliphatic rings. The van der Waals surface area contributed by atoms with E-state index in [2.05, 4.69) is 0 Å². The smallest absolute Gasteiger partial charge is 0.311 e. The van der Waals surface area contributed by atoms with Crippen LogP contribution in [0.3, 0.4) is 0 Å². The number of aryl methyl sites for hydroxylation is 1. The standard InChI is InChI=1S/C14H18N2O5/c1-3-15(12-8-21-7-10(12)14(17)18)11-6-4-5-9(2)13(11)16(19)20/h4-6,10,12H,3,7-8H2,1-2H3,(H,17,18). The second kappa shape index (κ2) is 6.09. The minimum Gasteiger partial charge on any atom is -0.481 e. The number of carbonyl (C=O) groups is 1. The first kappa shape index (κ1) is 15.2. The Balaban J connectivity index is 2.45. The zero-order chi connectivity index (χ0) is 15.6. The molecule has 0 amide bonds. The third-order valence-corrected chi connectivity index (χ3v) is 3.82. The van der Waals surface area contributed by atoms with Crippen molar-refractivity contribution in [3.05, 3.63) is 33.9 Å². The molecule has 7 heteroatoms. The number of rotatable bonds is 5. The number of hydrogen-bond donors (Lipinski definition) is 1. The number of carboxylic acids is 1. The van der Waals surface area contributed by atoms with Crippen molar-refractivity contribution < 1.29 is 19.6 Å². The summed E-state index contributed by atoms with van der Waals surface area (Å²) in [5.74, 6) is -1.61. The van der Waals surface area contributed by atoms with E-state index in [1.807, 2.05) is 6.92 Å². The molecule has 1 aliphatic heterocycles. The molecule has 1 heterocycles. The molecule has 7 nitrogen and oxygen atoms in total. The molecule has 21 heavy (non-hydrogen) atoms. The zero-order valence-corrected chi connectivity index (χ0v) is 12.0. The van der Waals surface area contributed by atoms with Crippen molar-refractivity contribution in [2.24, 2.45) is 5.92 Å². The van der Waals surface area contributed by atoms with Crippen molar-refractivity contribution >= 4 is 17.3 Å². The number of ether oxygens (including phenoxy) is 1. The molecular formula is C14H18N2O5. The number of nitrogens with zero attached hydrogens (tertiary/aromatic N) is 2. The number of nitro benzene ring substituents is 1. The van der Waals surface area contributed by atoms with E-state index in [4.69, 9.17) is 4.74 Å². The van der Waals surface area contributed by atoms with Gasteiger partial charge in [0.2, 0.25) is 0 Å². The summed E-state index contributed by atoms with van der Waals surface area (Å²) in [5, 5.41) is 20.6. The number of aliphatic carboxylic acids is 1. The first-order valence-electron chi connectivity index (χ1n) is 6.78.